The third-order valence-corrected chi connectivity index (χ3v) is 2.46. The van der Waals surface area contributed by atoms with E-state index < -0.39 is 0 Å². The molecule has 3 nitrogen and oxygen atoms in total. The minimum absolute atomic E-state index is 0.425. The molecule has 0 aliphatic carbocycles. The molecule has 0 saturated carbocycles. The van der Waals surface area contributed by atoms with Crippen LogP contribution in [0.15, 0.2) is 16.9 Å². The van der Waals surface area contributed by atoms with E-state index in [9.17, 15) is 0 Å². The average Bonchev–Trinajstić information content (AvgIpc) is 2.15. The average molecular weight is 272 g/mol. The summed E-state index contributed by atoms with van der Waals surface area (Å²) in [6, 6.07) is 0.425. The highest BCUT2D eigenvalue weighted by atomic mass is 79.9. The predicted molar refractivity (Wildman–Crippen MR) is 67.1 cm³/mol. The topological polar surface area (TPSA) is 29.0 Å². The van der Waals surface area contributed by atoms with Crippen molar-refractivity contribution in [3.63, 3.8) is 0 Å². The van der Waals surface area contributed by atoms with E-state index in [0.717, 1.165) is 17.0 Å². The molecule has 0 saturated heterocycles. The first-order chi connectivity index (χ1) is 7.00. The fourth-order valence-corrected chi connectivity index (χ4v) is 1.58. The van der Waals surface area contributed by atoms with Crippen molar-refractivity contribution in [2.24, 2.45) is 5.92 Å². The lowest BCUT2D eigenvalue weighted by molar-refractivity contribution is 0.560. The zero-order chi connectivity index (χ0) is 11.4. The summed E-state index contributed by atoms with van der Waals surface area (Å²) in [6.45, 7) is 9.71. The number of aromatic nitrogens is 2. The van der Waals surface area contributed by atoms with Gasteiger partial charge in [0.15, 0.2) is 0 Å². The van der Waals surface area contributed by atoms with Gasteiger partial charge in [0.25, 0.3) is 0 Å². The van der Waals surface area contributed by atoms with Crippen LogP contribution < -0.4 is 4.90 Å². The molecule has 1 heterocycles. The van der Waals surface area contributed by atoms with Crippen molar-refractivity contribution in [1.82, 2.24) is 9.97 Å². The Morgan fingerprint density at radius 1 is 1.20 bits per heavy atom. The summed E-state index contributed by atoms with van der Waals surface area (Å²) in [5.41, 5.74) is 0. The van der Waals surface area contributed by atoms with Crippen molar-refractivity contribution >= 4 is 21.9 Å². The smallest absolute Gasteiger partial charge is 0.225 e. The molecule has 0 radical (unpaired) electrons. The summed E-state index contributed by atoms with van der Waals surface area (Å²) in [6.07, 6.45) is 3.58. The van der Waals surface area contributed by atoms with Gasteiger partial charge in [0.05, 0.1) is 4.47 Å². The molecule has 0 aliphatic heterocycles. The lowest BCUT2D eigenvalue weighted by atomic mass is 10.2. The molecule has 0 aliphatic rings. The van der Waals surface area contributed by atoms with E-state index in [2.05, 4.69) is 58.5 Å². The van der Waals surface area contributed by atoms with Crippen LogP contribution in [0.25, 0.3) is 0 Å². The van der Waals surface area contributed by atoms with Crippen molar-refractivity contribution in [3.8, 4) is 0 Å². The van der Waals surface area contributed by atoms with E-state index in [4.69, 9.17) is 0 Å². The van der Waals surface area contributed by atoms with Crippen molar-refractivity contribution in [2.45, 2.75) is 33.7 Å². The summed E-state index contributed by atoms with van der Waals surface area (Å²) in [5, 5.41) is 0. The Labute approximate surface area is 100 Å². The highest BCUT2D eigenvalue weighted by molar-refractivity contribution is 9.10. The van der Waals surface area contributed by atoms with Crippen LogP contribution in [0, 0.1) is 5.92 Å². The molecule has 4 heteroatoms. The molecule has 1 aromatic heterocycles. The third-order valence-electron chi connectivity index (χ3n) is 2.05. The van der Waals surface area contributed by atoms with Gasteiger partial charge in [-0.3, -0.25) is 0 Å². The van der Waals surface area contributed by atoms with Gasteiger partial charge in [-0.05, 0) is 35.7 Å². The van der Waals surface area contributed by atoms with Crippen LogP contribution in [-0.2, 0) is 0 Å². The van der Waals surface area contributed by atoms with E-state index in [1.807, 2.05) is 0 Å². The number of rotatable bonds is 4. The van der Waals surface area contributed by atoms with Crippen LogP contribution in [0.1, 0.15) is 27.7 Å². The molecule has 15 heavy (non-hydrogen) atoms. The molecule has 0 unspecified atom stereocenters. The van der Waals surface area contributed by atoms with Gasteiger partial charge in [-0.2, -0.15) is 0 Å². The van der Waals surface area contributed by atoms with Gasteiger partial charge >= 0.3 is 0 Å². The van der Waals surface area contributed by atoms with Crippen LogP contribution in [0.2, 0.25) is 0 Å². The maximum Gasteiger partial charge on any atom is 0.225 e. The monoisotopic (exact) mass is 271 g/mol. The lowest BCUT2D eigenvalue weighted by Crippen LogP contribution is -2.35. The molecule has 0 atom stereocenters. The second kappa shape index (κ2) is 5.45. The molecule has 1 rings (SSSR count). The molecule has 84 valence electrons. The summed E-state index contributed by atoms with van der Waals surface area (Å²) < 4.78 is 0.916. The highest BCUT2D eigenvalue weighted by Crippen LogP contribution is 2.15. The van der Waals surface area contributed by atoms with Gasteiger partial charge in [0, 0.05) is 25.0 Å². The number of nitrogens with zero attached hydrogens (tertiary/aromatic N) is 3. The highest BCUT2D eigenvalue weighted by Gasteiger charge is 2.14. The SMILES string of the molecule is CC(C)CN(c1ncc(Br)cn1)C(C)C. The molecule has 0 N–H and O–H groups in total. The Morgan fingerprint density at radius 2 is 1.73 bits per heavy atom. The van der Waals surface area contributed by atoms with Crippen LogP contribution in [0.3, 0.4) is 0 Å². The molecule has 0 fully saturated rings. The van der Waals surface area contributed by atoms with Crippen molar-refractivity contribution in [3.05, 3.63) is 16.9 Å². The second-order valence-corrected chi connectivity index (χ2v) is 5.26. The van der Waals surface area contributed by atoms with Gasteiger partial charge in [-0.1, -0.05) is 13.8 Å². The maximum absolute atomic E-state index is 4.32. The van der Waals surface area contributed by atoms with Crippen LogP contribution in [0.5, 0.6) is 0 Å². The first kappa shape index (κ1) is 12.4. The van der Waals surface area contributed by atoms with E-state index in [-0.39, 0.29) is 0 Å². The Hall–Kier alpha value is -0.640. The maximum atomic E-state index is 4.32. The van der Waals surface area contributed by atoms with E-state index in [1.165, 1.54) is 0 Å². The molecular weight excluding hydrogens is 254 g/mol. The first-order valence-corrected chi connectivity index (χ1v) is 6.04. The Bertz CT molecular complexity index is 295. The summed E-state index contributed by atoms with van der Waals surface area (Å²) in [7, 11) is 0. The minimum Gasteiger partial charge on any atom is -0.338 e. The molecule has 1 aromatic rings. The fourth-order valence-electron chi connectivity index (χ4n) is 1.37. The standard InChI is InChI=1S/C11H18BrN3/c1-8(2)7-15(9(3)4)11-13-5-10(12)6-14-11/h5-6,8-9H,7H2,1-4H3. The van der Waals surface area contributed by atoms with Crippen LogP contribution in [0.4, 0.5) is 5.95 Å². The normalized spacial score (nSPS) is 11.1. The first-order valence-electron chi connectivity index (χ1n) is 5.25. The van der Waals surface area contributed by atoms with Crippen LogP contribution >= 0.6 is 15.9 Å². The van der Waals surface area contributed by atoms with E-state index in [0.29, 0.717) is 12.0 Å². The lowest BCUT2D eigenvalue weighted by Gasteiger charge is -2.28. The van der Waals surface area contributed by atoms with Gasteiger partial charge in [-0.15, -0.1) is 0 Å². The van der Waals surface area contributed by atoms with Crippen molar-refractivity contribution in [1.29, 1.82) is 0 Å². The Morgan fingerprint density at radius 3 is 2.13 bits per heavy atom. The largest absolute Gasteiger partial charge is 0.338 e. The molecule has 0 bridgehead atoms. The molecule has 0 amide bonds. The fraction of sp³-hybridized carbons (Fsp3) is 0.636. The van der Waals surface area contributed by atoms with Gasteiger partial charge in [0.2, 0.25) is 5.95 Å². The zero-order valence-corrected chi connectivity index (χ0v) is 11.3. The Balaban J connectivity index is 2.84. The zero-order valence-electron chi connectivity index (χ0n) is 9.74. The summed E-state index contributed by atoms with van der Waals surface area (Å²) in [5.74, 6) is 1.42. The molecule has 0 aromatic carbocycles. The summed E-state index contributed by atoms with van der Waals surface area (Å²) >= 11 is 3.34. The van der Waals surface area contributed by atoms with Gasteiger partial charge in [-0.25, -0.2) is 9.97 Å². The van der Waals surface area contributed by atoms with E-state index in [1.54, 1.807) is 12.4 Å². The number of hydrogen-bond donors (Lipinski definition) is 0. The van der Waals surface area contributed by atoms with Crippen molar-refractivity contribution in [2.75, 3.05) is 11.4 Å². The third kappa shape index (κ3) is 3.78. The van der Waals surface area contributed by atoms with Gasteiger partial charge < -0.3 is 4.90 Å². The molecular formula is C11H18BrN3. The predicted octanol–water partition coefficient (Wildman–Crippen LogP) is 3.11. The van der Waals surface area contributed by atoms with Crippen molar-refractivity contribution < 1.29 is 0 Å². The van der Waals surface area contributed by atoms with Crippen LogP contribution in [-0.4, -0.2) is 22.6 Å². The number of anilines is 1. The number of halogens is 1. The number of hydrogen-bond acceptors (Lipinski definition) is 3. The quantitative estimate of drug-likeness (QED) is 0.843. The Kier molecular flexibility index (Phi) is 4.51. The van der Waals surface area contributed by atoms with Gasteiger partial charge in [0.1, 0.15) is 0 Å². The second-order valence-electron chi connectivity index (χ2n) is 4.34. The minimum atomic E-state index is 0.425. The summed E-state index contributed by atoms with van der Waals surface area (Å²) in [4.78, 5) is 10.9. The van der Waals surface area contributed by atoms with E-state index >= 15 is 0 Å². The molecule has 0 spiro atoms.